The molecule has 28 heavy (non-hydrogen) atoms. The lowest BCUT2D eigenvalue weighted by molar-refractivity contribution is 0.0641. The maximum Gasteiger partial charge on any atom is 0.410 e. The normalized spacial score (nSPS) is 18.9. The number of ether oxygens (including phenoxy) is 1. The van der Waals surface area contributed by atoms with Gasteiger partial charge >= 0.3 is 6.09 Å². The second kappa shape index (κ2) is 8.24. The number of fused-ring (bicyclic) bond motifs is 1. The zero-order valence-corrected chi connectivity index (χ0v) is 17.6. The van der Waals surface area contributed by atoms with Gasteiger partial charge < -0.3 is 14.2 Å². The van der Waals surface area contributed by atoms with E-state index in [0.29, 0.717) is 38.5 Å². The molecule has 0 N–H and O–H groups in total. The molecule has 0 radical (unpaired) electrons. The minimum Gasteiger partial charge on any atom is -0.447 e. The Kier molecular flexibility index (Phi) is 6.14. The van der Waals surface area contributed by atoms with Crippen LogP contribution in [0.2, 0.25) is 0 Å². The first-order valence-corrected chi connectivity index (χ1v) is 11.6. The van der Waals surface area contributed by atoms with Gasteiger partial charge in [0.1, 0.15) is 0 Å². The van der Waals surface area contributed by atoms with E-state index >= 15 is 0 Å². The highest BCUT2D eigenvalue weighted by Crippen LogP contribution is 2.21. The highest BCUT2D eigenvalue weighted by molar-refractivity contribution is 7.88. The SMILES string of the molecule is CC(C)OC(=O)N1CCC(Cn2ccc3c(c2=O)CCN(S(C)(=O)=O)C3)CC1. The largest absolute Gasteiger partial charge is 0.447 e. The first-order chi connectivity index (χ1) is 13.1. The van der Waals surface area contributed by atoms with Crippen molar-refractivity contribution in [2.75, 3.05) is 25.9 Å². The van der Waals surface area contributed by atoms with Crippen molar-refractivity contribution in [3.05, 3.63) is 33.7 Å². The number of likely N-dealkylation sites (tertiary alicyclic amines) is 1. The molecule has 0 atom stereocenters. The van der Waals surface area contributed by atoms with Crippen molar-refractivity contribution in [3.8, 4) is 0 Å². The van der Waals surface area contributed by atoms with Crippen LogP contribution in [0.25, 0.3) is 0 Å². The molecule has 1 saturated heterocycles. The van der Waals surface area contributed by atoms with Crippen LogP contribution >= 0.6 is 0 Å². The Morgan fingerprint density at radius 2 is 1.93 bits per heavy atom. The summed E-state index contributed by atoms with van der Waals surface area (Å²) in [6.45, 7) is 6.18. The Morgan fingerprint density at radius 3 is 2.54 bits per heavy atom. The van der Waals surface area contributed by atoms with Crippen LogP contribution in [0.5, 0.6) is 0 Å². The highest BCUT2D eigenvalue weighted by Gasteiger charge is 2.27. The quantitative estimate of drug-likeness (QED) is 0.748. The van der Waals surface area contributed by atoms with E-state index in [4.69, 9.17) is 4.74 Å². The minimum absolute atomic E-state index is 0.0210. The van der Waals surface area contributed by atoms with Gasteiger partial charge in [-0.15, -0.1) is 0 Å². The van der Waals surface area contributed by atoms with Crippen LogP contribution in [0, 0.1) is 5.92 Å². The molecule has 1 aromatic heterocycles. The molecule has 3 heterocycles. The number of carbonyl (C=O) groups is 1. The van der Waals surface area contributed by atoms with Crippen molar-refractivity contribution in [2.45, 2.75) is 52.3 Å². The minimum atomic E-state index is -3.25. The number of hydrogen-bond acceptors (Lipinski definition) is 5. The van der Waals surface area contributed by atoms with E-state index in [9.17, 15) is 18.0 Å². The van der Waals surface area contributed by atoms with Crippen molar-refractivity contribution in [2.24, 2.45) is 5.92 Å². The Labute approximate surface area is 166 Å². The molecular formula is C19H29N3O5S. The molecule has 2 aliphatic heterocycles. The Balaban J connectivity index is 1.63. The third kappa shape index (κ3) is 4.75. The summed E-state index contributed by atoms with van der Waals surface area (Å²) in [6.07, 6.45) is 4.68. The number of hydrogen-bond donors (Lipinski definition) is 0. The first-order valence-electron chi connectivity index (χ1n) is 9.77. The van der Waals surface area contributed by atoms with Crippen molar-refractivity contribution >= 4 is 16.1 Å². The first kappa shape index (κ1) is 20.9. The third-order valence-corrected chi connectivity index (χ3v) is 6.70. The lowest BCUT2D eigenvalue weighted by Crippen LogP contribution is -2.42. The van der Waals surface area contributed by atoms with Gasteiger partial charge in [0.05, 0.1) is 12.4 Å². The van der Waals surface area contributed by atoms with Crippen LogP contribution in [0.15, 0.2) is 17.1 Å². The summed E-state index contributed by atoms with van der Waals surface area (Å²) in [5, 5.41) is 0. The van der Waals surface area contributed by atoms with Crippen LogP contribution in [0.4, 0.5) is 4.79 Å². The number of carbonyl (C=O) groups excluding carboxylic acids is 1. The zero-order valence-electron chi connectivity index (χ0n) is 16.8. The second-order valence-electron chi connectivity index (χ2n) is 7.99. The molecule has 0 spiro atoms. The van der Waals surface area contributed by atoms with Crippen LogP contribution < -0.4 is 5.56 Å². The van der Waals surface area contributed by atoms with Gasteiger partial charge in [0.15, 0.2) is 0 Å². The van der Waals surface area contributed by atoms with Gasteiger partial charge in [0, 0.05) is 44.5 Å². The molecular weight excluding hydrogens is 382 g/mol. The maximum absolute atomic E-state index is 12.8. The fraction of sp³-hybridized carbons (Fsp3) is 0.684. The molecule has 156 valence electrons. The lowest BCUT2D eigenvalue weighted by atomic mass is 9.96. The van der Waals surface area contributed by atoms with Crippen molar-refractivity contribution in [1.82, 2.24) is 13.8 Å². The third-order valence-electron chi connectivity index (χ3n) is 5.45. The topological polar surface area (TPSA) is 88.9 Å². The van der Waals surface area contributed by atoms with E-state index in [1.165, 1.54) is 10.6 Å². The Morgan fingerprint density at radius 1 is 1.25 bits per heavy atom. The van der Waals surface area contributed by atoms with Crippen molar-refractivity contribution < 1.29 is 17.9 Å². The summed E-state index contributed by atoms with van der Waals surface area (Å²) < 4.78 is 31.9. The number of amides is 1. The molecule has 1 aromatic rings. The predicted molar refractivity (Wildman–Crippen MR) is 106 cm³/mol. The molecule has 2 aliphatic rings. The van der Waals surface area contributed by atoms with Gasteiger partial charge in [0.25, 0.3) is 5.56 Å². The molecule has 0 aromatic carbocycles. The summed E-state index contributed by atoms with van der Waals surface area (Å²) in [5.41, 5.74) is 1.50. The van der Waals surface area contributed by atoms with Gasteiger partial charge in [-0.25, -0.2) is 13.2 Å². The number of sulfonamides is 1. The van der Waals surface area contributed by atoms with Crippen LogP contribution in [-0.4, -0.2) is 60.3 Å². The molecule has 0 unspecified atom stereocenters. The fourth-order valence-electron chi connectivity index (χ4n) is 3.86. The summed E-state index contributed by atoms with van der Waals surface area (Å²) >= 11 is 0. The smallest absolute Gasteiger partial charge is 0.410 e. The highest BCUT2D eigenvalue weighted by atomic mass is 32.2. The number of nitrogens with zero attached hydrogens (tertiary/aromatic N) is 3. The van der Waals surface area contributed by atoms with Crippen LogP contribution in [0.1, 0.15) is 37.8 Å². The molecule has 0 bridgehead atoms. The predicted octanol–water partition coefficient (Wildman–Crippen LogP) is 1.42. The van der Waals surface area contributed by atoms with E-state index in [-0.39, 0.29) is 24.3 Å². The zero-order chi connectivity index (χ0) is 20.5. The standard InChI is InChI=1S/C19H29N3O5S/c1-14(2)27-19(24)20-8-4-15(5-9-20)12-21-10-6-16-13-22(28(3,25)26)11-7-17(16)18(21)23/h6,10,14-15H,4-5,7-9,11-13H2,1-3H3. The maximum atomic E-state index is 12.8. The number of aromatic nitrogens is 1. The molecule has 1 amide bonds. The summed E-state index contributed by atoms with van der Waals surface area (Å²) in [4.78, 5) is 26.6. The summed E-state index contributed by atoms with van der Waals surface area (Å²) in [6, 6.07) is 1.86. The van der Waals surface area contributed by atoms with Crippen LogP contribution in [0.3, 0.4) is 0 Å². The van der Waals surface area contributed by atoms with E-state index in [2.05, 4.69) is 0 Å². The molecule has 3 rings (SSSR count). The van der Waals surface area contributed by atoms with Gasteiger partial charge in [-0.2, -0.15) is 4.31 Å². The van der Waals surface area contributed by atoms with E-state index < -0.39 is 10.0 Å². The van der Waals surface area contributed by atoms with Gasteiger partial charge in [0.2, 0.25) is 10.0 Å². The Bertz CT molecular complexity index is 885. The second-order valence-corrected chi connectivity index (χ2v) is 9.97. The van der Waals surface area contributed by atoms with Crippen molar-refractivity contribution in [3.63, 3.8) is 0 Å². The summed E-state index contributed by atoms with van der Waals surface area (Å²) in [5.74, 6) is 0.329. The van der Waals surface area contributed by atoms with E-state index in [0.717, 1.165) is 24.0 Å². The summed E-state index contributed by atoms with van der Waals surface area (Å²) in [7, 11) is -3.25. The number of rotatable bonds is 4. The molecule has 8 nitrogen and oxygen atoms in total. The van der Waals surface area contributed by atoms with E-state index in [1.54, 1.807) is 15.7 Å². The molecule has 9 heteroatoms. The van der Waals surface area contributed by atoms with Gasteiger partial charge in [-0.05, 0) is 50.7 Å². The lowest BCUT2D eigenvalue weighted by Gasteiger charge is -2.32. The molecule has 0 saturated carbocycles. The van der Waals surface area contributed by atoms with Gasteiger partial charge in [-0.3, -0.25) is 4.79 Å². The molecule has 0 aliphatic carbocycles. The average molecular weight is 412 g/mol. The number of piperidine rings is 1. The number of pyridine rings is 1. The van der Waals surface area contributed by atoms with Crippen LogP contribution in [-0.2, 0) is 34.3 Å². The average Bonchev–Trinajstić information content (AvgIpc) is 2.63. The van der Waals surface area contributed by atoms with Gasteiger partial charge in [-0.1, -0.05) is 0 Å². The monoisotopic (exact) mass is 411 g/mol. The fourth-order valence-corrected chi connectivity index (χ4v) is 4.66. The van der Waals surface area contributed by atoms with E-state index in [1.807, 2.05) is 19.9 Å². The van der Waals surface area contributed by atoms with Crippen molar-refractivity contribution in [1.29, 1.82) is 0 Å². The molecule has 1 fully saturated rings. The Hall–Kier alpha value is -1.87.